The fraction of sp³-hybridized carbons (Fsp3) is 0.500. The molecule has 2 fully saturated rings. The highest BCUT2D eigenvalue weighted by Gasteiger charge is 2.53. The van der Waals surface area contributed by atoms with Gasteiger partial charge in [-0.2, -0.15) is 13.2 Å². The van der Waals surface area contributed by atoms with Gasteiger partial charge in [-0.25, -0.2) is 9.97 Å². The van der Waals surface area contributed by atoms with Gasteiger partial charge in [0.1, 0.15) is 11.3 Å². The minimum atomic E-state index is -4.61. The van der Waals surface area contributed by atoms with Crippen molar-refractivity contribution in [1.82, 2.24) is 25.2 Å². The molecule has 1 N–H and O–H groups in total. The topological polar surface area (TPSA) is 92.7 Å². The van der Waals surface area contributed by atoms with E-state index in [0.29, 0.717) is 68.5 Å². The van der Waals surface area contributed by atoms with Gasteiger partial charge in [-0.15, -0.1) is 0 Å². The first-order chi connectivity index (χ1) is 21.2. The Morgan fingerprint density at radius 1 is 1.18 bits per heavy atom. The first-order valence-corrected chi connectivity index (χ1v) is 15.2. The van der Waals surface area contributed by atoms with Crippen LogP contribution in [0.25, 0.3) is 11.3 Å². The van der Waals surface area contributed by atoms with Gasteiger partial charge in [-0.1, -0.05) is 19.4 Å². The van der Waals surface area contributed by atoms with E-state index in [1.807, 2.05) is 36.1 Å². The van der Waals surface area contributed by atoms with Crippen molar-refractivity contribution in [3.05, 3.63) is 59.7 Å². The van der Waals surface area contributed by atoms with Crippen LogP contribution in [0.3, 0.4) is 0 Å². The summed E-state index contributed by atoms with van der Waals surface area (Å²) in [4.78, 5) is 31.3. The van der Waals surface area contributed by atoms with Crippen molar-refractivity contribution < 1.29 is 27.4 Å². The summed E-state index contributed by atoms with van der Waals surface area (Å²) < 4.78 is 53.7. The van der Waals surface area contributed by atoms with Crippen molar-refractivity contribution >= 4 is 11.6 Å². The van der Waals surface area contributed by atoms with Gasteiger partial charge in [-0.3, -0.25) is 9.78 Å². The second-order valence-corrected chi connectivity index (χ2v) is 11.7. The van der Waals surface area contributed by atoms with Crippen LogP contribution in [-0.4, -0.2) is 78.2 Å². The number of nitrogens with one attached hydrogen (secondary N) is 1. The molecule has 1 amide bonds. The Bertz CT molecular complexity index is 1530. The van der Waals surface area contributed by atoms with Gasteiger partial charge in [0, 0.05) is 43.8 Å². The summed E-state index contributed by atoms with van der Waals surface area (Å²) in [6.07, 6.45) is 1.53. The molecule has 0 aliphatic carbocycles. The molecule has 234 valence electrons. The predicted octanol–water partition coefficient (Wildman–Crippen LogP) is 4.96. The third-order valence-electron chi connectivity index (χ3n) is 9.43. The number of nitrogens with zero attached hydrogens (tertiary/aromatic N) is 5. The largest absolute Gasteiger partial charge is 0.494 e. The van der Waals surface area contributed by atoms with E-state index in [4.69, 9.17) is 14.5 Å². The zero-order valence-corrected chi connectivity index (χ0v) is 25.2. The Labute approximate surface area is 254 Å². The molecule has 1 spiro atoms. The van der Waals surface area contributed by atoms with Crippen LogP contribution in [0, 0.1) is 5.92 Å². The smallest absolute Gasteiger partial charge is 0.422 e. The summed E-state index contributed by atoms with van der Waals surface area (Å²) in [5, 5.41) is 3.38. The molecular formula is C32H37F3N6O3. The molecule has 12 heteroatoms. The minimum absolute atomic E-state index is 0.0163. The maximum absolute atomic E-state index is 14.3. The summed E-state index contributed by atoms with van der Waals surface area (Å²) in [6.45, 7) is 7.13. The number of hydrogen-bond acceptors (Lipinski definition) is 8. The maximum atomic E-state index is 14.3. The number of alkyl halides is 3. The molecule has 6 rings (SSSR count). The summed E-state index contributed by atoms with van der Waals surface area (Å²) in [5.41, 5.74) is 1.28. The van der Waals surface area contributed by atoms with E-state index >= 15 is 0 Å². The average Bonchev–Trinajstić information content (AvgIpc) is 3.57. The van der Waals surface area contributed by atoms with Gasteiger partial charge in [0.15, 0.2) is 5.75 Å². The van der Waals surface area contributed by atoms with Crippen molar-refractivity contribution in [1.29, 1.82) is 0 Å². The number of ether oxygens (including phenoxy) is 2. The molecule has 3 aromatic heterocycles. The Balaban J connectivity index is 1.44. The van der Waals surface area contributed by atoms with Crippen LogP contribution in [0.2, 0.25) is 0 Å². The molecule has 0 bridgehead atoms. The number of aromatic nitrogens is 3. The summed E-state index contributed by atoms with van der Waals surface area (Å²) >= 11 is 0. The summed E-state index contributed by atoms with van der Waals surface area (Å²) in [5.74, 6) is -0.0197. The summed E-state index contributed by atoms with van der Waals surface area (Å²) in [6, 6.07) is 7.61. The van der Waals surface area contributed by atoms with Crippen LogP contribution < -0.4 is 19.7 Å². The van der Waals surface area contributed by atoms with Crippen LogP contribution >= 0.6 is 0 Å². The SMILES string of the molecule is CCOc1ncccc1-c1ccc2c(n1)C(=O)N(C1CCNC1)C[C@]21CCN(c2cncc(OC)c2C(F)(F)F)C[C@H]1CC. The zero-order valence-electron chi connectivity index (χ0n) is 25.2. The Hall–Kier alpha value is -3.93. The molecule has 0 radical (unpaired) electrons. The molecule has 44 heavy (non-hydrogen) atoms. The molecule has 1 unspecified atom stereocenters. The van der Waals surface area contributed by atoms with Gasteiger partial charge >= 0.3 is 6.18 Å². The van der Waals surface area contributed by atoms with E-state index in [1.54, 1.807) is 11.1 Å². The molecular weight excluding hydrogens is 573 g/mol. The van der Waals surface area contributed by atoms with E-state index in [1.165, 1.54) is 13.3 Å². The first-order valence-electron chi connectivity index (χ1n) is 15.2. The third kappa shape index (κ3) is 5.12. The van der Waals surface area contributed by atoms with Gasteiger partial charge in [-0.05, 0) is 56.0 Å². The van der Waals surface area contributed by atoms with Crippen molar-refractivity contribution in [2.75, 3.05) is 51.3 Å². The number of carbonyl (C=O) groups excluding carboxylic acids is 1. The molecule has 9 nitrogen and oxygen atoms in total. The standard InChI is InChI=1S/C32H37F3N6O3/c1-4-20-18-40(25-16-37-17-26(43-3)27(25)32(33,34)35)14-11-31(20)19-41(21-10-13-36-15-21)30(42)28-23(31)8-9-24(39-28)22-7-6-12-38-29(22)44-5-2/h6-9,12,16-17,20-21,36H,4-5,10-11,13-15,18-19H2,1-3H3/t20-,21?,31+/m1/s1. The van der Waals surface area contributed by atoms with E-state index in [0.717, 1.165) is 24.7 Å². The highest BCUT2D eigenvalue weighted by molar-refractivity contribution is 5.96. The van der Waals surface area contributed by atoms with Crippen molar-refractivity contribution in [3.8, 4) is 22.9 Å². The van der Waals surface area contributed by atoms with Gasteiger partial charge in [0.05, 0.1) is 43.1 Å². The number of piperidine rings is 1. The van der Waals surface area contributed by atoms with Crippen LogP contribution in [0.1, 0.15) is 54.7 Å². The lowest BCUT2D eigenvalue weighted by Crippen LogP contribution is -2.61. The number of pyridine rings is 3. The Morgan fingerprint density at radius 3 is 2.73 bits per heavy atom. The number of fused-ring (bicyclic) bond motifs is 2. The molecule has 3 atom stereocenters. The normalized spacial score (nSPS) is 23.6. The molecule has 3 aromatic rings. The number of hydrogen-bond donors (Lipinski definition) is 1. The molecule has 2 saturated heterocycles. The van der Waals surface area contributed by atoms with Crippen LogP contribution in [0.5, 0.6) is 11.6 Å². The Kier molecular flexibility index (Phi) is 8.12. The number of carbonyl (C=O) groups is 1. The van der Waals surface area contributed by atoms with Gasteiger partial charge in [0.2, 0.25) is 5.88 Å². The molecule has 3 aliphatic heterocycles. The lowest BCUT2D eigenvalue weighted by Gasteiger charge is -2.54. The average molecular weight is 611 g/mol. The number of anilines is 1. The molecule has 0 aromatic carbocycles. The number of rotatable bonds is 7. The van der Waals surface area contributed by atoms with Gasteiger partial charge < -0.3 is 24.6 Å². The van der Waals surface area contributed by atoms with Crippen molar-refractivity contribution in [3.63, 3.8) is 0 Å². The van der Waals surface area contributed by atoms with E-state index in [9.17, 15) is 18.0 Å². The zero-order chi connectivity index (χ0) is 31.1. The highest BCUT2D eigenvalue weighted by Crippen LogP contribution is 2.50. The summed E-state index contributed by atoms with van der Waals surface area (Å²) in [7, 11) is 1.22. The molecule has 3 aliphatic rings. The third-order valence-corrected chi connectivity index (χ3v) is 9.43. The lowest BCUT2D eigenvalue weighted by atomic mass is 9.62. The van der Waals surface area contributed by atoms with E-state index in [2.05, 4.69) is 22.2 Å². The fourth-order valence-corrected chi connectivity index (χ4v) is 7.29. The maximum Gasteiger partial charge on any atom is 0.422 e. The van der Waals surface area contributed by atoms with E-state index in [-0.39, 0.29) is 29.3 Å². The lowest BCUT2D eigenvalue weighted by molar-refractivity contribution is -0.138. The monoisotopic (exact) mass is 610 g/mol. The predicted molar refractivity (Wildman–Crippen MR) is 159 cm³/mol. The highest BCUT2D eigenvalue weighted by atomic mass is 19.4. The number of halogens is 3. The second kappa shape index (κ2) is 11.9. The van der Waals surface area contributed by atoms with Crippen LogP contribution in [-0.2, 0) is 11.6 Å². The molecule has 6 heterocycles. The number of amides is 1. The first kappa shape index (κ1) is 30.1. The van der Waals surface area contributed by atoms with Crippen LogP contribution in [0.4, 0.5) is 18.9 Å². The van der Waals surface area contributed by atoms with Crippen molar-refractivity contribution in [2.45, 2.75) is 50.7 Å². The fourth-order valence-electron chi connectivity index (χ4n) is 7.29. The second-order valence-electron chi connectivity index (χ2n) is 11.7. The van der Waals surface area contributed by atoms with Crippen LogP contribution in [0.15, 0.2) is 42.9 Å². The van der Waals surface area contributed by atoms with Crippen molar-refractivity contribution in [2.24, 2.45) is 5.92 Å². The minimum Gasteiger partial charge on any atom is -0.494 e. The quantitative estimate of drug-likeness (QED) is 0.402. The number of methoxy groups -OCH3 is 1. The molecule has 0 saturated carbocycles. The van der Waals surface area contributed by atoms with E-state index < -0.39 is 17.2 Å². The van der Waals surface area contributed by atoms with Gasteiger partial charge in [0.25, 0.3) is 5.91 Å². The Morgan fingerprint density at radius 2 is 2.02 bits per heavy atom.